The predicted molar refractivity (Wildman–Crippen MR) is 144 cm³/mol. The highest BCUT2D eigenvalue weighted by molar-refractivity contribution is 6.35. The number of halogens is 2. The molecule has 0 saturated heterocycles. The number of rotatable bonds is 10. The lowest BCUT2D eigenvalue weighted by atomic mass is 9.88. The lowest BCUT2D eigenvalue weighted by molar-refractivity contribution is -0.141. The monoisotopic (exact) mass is 510 g/mol. The predicted octanol–water partition coefficient (Wildman–Crippen LogP) is 6.85. The van der Waals surface area contributed by atoms with E-state index in [2.05, 4.69) is 5.32 Å². The zero-order valence-electron chi connectivity index (χ0n) is 20.4. The molecule has 3 aromatic carbocycles. The van der Waals surface area contributed by atoms with Crippen molar-refractivity contribution in [1.82, 2.24) is 10.2 Å². The van der Waals surface area contributed by atoms with Crippen LogP contribution in [0.4, 0.5) is 0 Å². The van der Waals surface area contributed by atoms with Crippen molar-refractivity contribution in [2.45, 2.75) is 58.2 Å². The van der Waals surface area contributed by atoms with Crippen LogP contribution in [0.25, 0.3) is 0 Å². The molecule has 0 bridgehead atoms. The van der Waals surface area contributed by atoms with Gasteiger partial charge in [-0.25, -0.2) is 0 Å². The number of carbonyl (C=O) groups is 2. The largest absolute Gasteiger partial charge is 0.352 e. The molecule has 0 aromatic heterocycles. The van der Waals surface area contributed by atoms with E-state index in [1.54, 1.807) is 30.0 Å². The first-order chi connectivity index (χ1) is 16.8. The molecular weight excluding hydrogens is 479 g/mol. The summed E-state index contributed by atoms with van der Waals surface area (Å²) in [5.74, 6) is -0.452. The number of nitrogens with one attached hydrogen (secondary N) is 1. The van der Waals surface area contributed by atoms with E-state index in [-0.39, 0.29) is 36.7 Å². The maximum absolute atomic E-state index is 13.9. The molecule has 35 heavy (non-hydrogen) atoms. The van der Waals surface area contributed by atoms with Gasteiger partial charge in [-0.2, -0.15) is 0 Å². The van der Waals surface area contributed by atoms with Crippen molar-refractivity contribution in [3.63, 3.8) is 0 Å². The summed E-state index contributed by atoms with van der Waals surface area (Å²) >= 11 is 12.5. The summed E-state index contributed by atoms with van der Waals surface area (Å²) < 4.78 is 0. The quantitative estimate of drug-likeness (QED) is 0.324. The SMILES string of the molecule is CC[C@@H](C)NC(=O)[C@@H](C)N(Cc1ccc(Cl)cc1Cl)C(=O)CC(c1ccccc1)c1ccccc1. The fraction of sp³-hybridized carbons (Fsp3) is 0.310. The van der Waals surface area contributed by atoms with E-state index in [0.717, 1.165) is 23.1 Å². The van der Waals surface area contributed by atoms with Crippen molar-refractivity contribution in [2.24, 2.45) is 0 Å². The molecule has 1 N–H and O–H groups in total. The van der Waals surface area contributed by atoms with Crippen molar-refractivity contribution in [2.75, 3.05) is 0 Å². The van der Waals surface area contributed by atoms with Gasteiger partial charge in [-0.3, -0.25) is 9.59 Å². The zero-order chi connectivity index (χ0) is 25.4. The van der Waals surface area contributed by atoms with E-state index >= 15 is 0 Å². The normalized spacial score (nSPS) is 12.7. The molecule has 2 amide bonds. The number of benzene rings is 3. The van der Waals surface area contributed by atoms with Crippen LogP contribution in [-0.2, 0) is 16.1 Å². The molecule has 0 radical (unpaired) electrons. The smallest absolute Gasteiger partial charge is 0.242 e. The molecule has 0 aliphatic heterocycles. The summed E-state index contributed by atoms with van der Waals surface area (Å²) in [6.07, 6.45) is 1.03. The first kappa shape index (κ1) is 26.8. The molecule has 0 heterocycles. The van der Waals surface area contributed by atoms with E-state index in [9.17, 15) is 9.59 Å². The Morgan fingerprint density at radius 2 is 1.46 bits per heavy atom. The molecule has 0 spiro atoms. The second-order valence-corrected chi connectivity index (χ2v) is 9.67. The standard InChI is InChI=1S/C29H32Cl2N2O2/c1-4-20(2)32-29(35)21(3)33(19-24-15-16-25(30)17-27(24)31)28(34)18-26(22-11-7-5-8-12-22)23-13-9-6-10-14-23/h5-17,20-21,26H,4,18-19H2,1-3H3,(H,32,35)/t20-,21-/m1/s1. The van der Waals surface area contributed by atoms with Gasteiger partial charge in [0.1, 0.15) is 6.04 Å². The molecule has 6 heteroatoms. The lowest BCUT2D eigenvalue weighted by Gasteiger charge is -2.31. The number of amides is 2. The van der Waals surface area contributed by atoms with Crippen LogP contribution in [0.1, 0.15) is 56.2 Å². The fourth-order valence-corrected chi connectivity index (χ4v) is 4.44. The second-order valence-electron chi connectivity index (χ2n) is 8.83. The molecule has 3 rings (SSSR count). The van der Waals surface area contributed by atoms with Gasteiger partial charge in [0.05, 0.1) is 0 Å². The van der Waals surface area contributed by atoms with Crippen molar-refractivity contribution in [3.05, 3.63) is 106 Å². The van der Waals surface area contributed by atoms with Gasteiger partial charge in [0.15, 0.2) is 0 Å². The van der Waals surface area contributed by atoms with E-state index in [0.29, 0.717) is 10.0 Å². The van der Waals surface area contributed by atoms with Crippen LogP contribution in [0.3, 0.4) is 0 Å². The Bertz CT molecular complexity index is 1080. The Morgan fingerprint density at radius 1 is 0.886 bits per heavy atom. The number of hydrogen-bond donors (Lipinski definition) is 1. The third-order valence-electron chi connectivity index (χ3n) is 6.31. The van der Waals surface area contributed by atoms with Crippen molar-refractivity contribution < 1.29 is 9.59 Å². The number of nitrogens with zero attached hydrogens (tertiary/aromatic N) is 1. The van der Waals surface area contributed by atoms with Gasteiger partial charge in [-0.15, -0.1) is 0 Å². The number of hydrogen-bond acceptors (Lipinski definition) is 2. The van der Waals surface area contributed by atoms with Crippen LogP contribution >= 0.6 is 23.2 Å². The van der Waals surface area contributed by atoms with E-state index in [1.807, 2.05) is 74.5 Å². The highest BCUT2D eigenvalue weighted by Gasteiger charge is 2.30. The number of carbonyl (C=O) groups excluding carboxylic acids is 2. The van der Waals surface area contributed by atoms with Crippen LogP contribution in [0, 0.1) is 0 Å². The Labute approximate surface area is 218 Å². The molecule has 4 nitrogen and oxygen atoms in total. The van der Waals surface area contributed by atoms with Gasteiger partial charge < -0.3 is 10.2 Å². The average molecular weight is 511 g/mol. The van der Waals surface area contributed by atoms with Gasteiger partial charge in [0, 0.05) is 35.0 Å². The highest BCUT2D eigenvalue weighted by Crippen LogP contribution is 2.30. The average Bonchev–Trinajstić information content (AvgIpc) is 2.87. The van der Waals surface area contributed by atoms with Gasteiger partial charge in [0.25, 0.3) is 0 Å². The molecule has 184 valence electrons. The summed E-state index contributed by atoms with van der Waals surface area (Å²) in [7, 11) is 0. The summed E-state index contributed by atoms with van der Waals surface area (Å²) in [4.78, 5) is 28.5. The van der Waals surface area contributed by atoms with Crippen LogP contribution in [0.2, 0.25) is 10.0 Å². The van der Waals surface area contributed by atoms with Crippen molar-refractivity contribution in [3.8, 4) is 0 Å². The molecule has 0 fully saturated rings. The van der Waals surface area contributed by atoms with Gasteiger partial charge in [0.2, 0.25) is 11.8 Å². The summed E-state index contributed by atoms with van der Waals surface area (Å²) in [5, 5.41) is 3.99. The maximum Gasteiger partial charge on any atom is 0.242 e. The Morgan fingerprint density at radius 3 is 1.97 bits per heavy atom. The molecular formula is C29H32Cl2N2O2. The van der Waals surface area contributed by atoms with Crippen LogP contribution in [0.5, 0.6) is 0 Å². The van der Waals surface area contributed by atoms with Crippen LogP contribution in [0.15, 0.2) is 78.9 Å². The third kappa shape index (κ3) is 7.33. The Balaban J connectivity index is 1.93. The van der Waals surface area contributed by atoms with E-state index < -0.39 is 6.04 Å². The summed E-state index contributed by atoms with van der Waals surface area (Å²) in [6.45, 7) is 5.93. The minimum atomic E-state index is -0.671. The van der Waals surface area contributed by atoms with Crippen molar-refractivity contribution in [1.29, 1.82) is 0 Å². The molecule has 0 unspecified atom stereocenters. The Hall–Kier alpha value is -2.82. The highest BCUT2D eigenvalue weighted by atomic mass is 35.5. The minimum Gasteiger partial charge on any atom is -0.352 e. The third-order valence-corrected chi connectivity index (χ3v) is 6.89. The maximum atomic E-state index is 13.9. The first-order valence-corrected chi connectivity index (χ1v) is 12.7. The topological polar surface area (TPSA) is 49.4 Å². The molecule has 0 saturated carbocycles. The van der Waals surface area contributed by atoms with Crippen LogP contribution in [-0.4, -0.2) is 28.8 Å². The molecule has 3 aromatic rings. The van der Waals surface area contributed by atoms with Gasteiger partial charge >= 0.3 is 0 Å². The first-order valence-electron chi connectivity index (χ1n) is 11.9. The molecule has 0 aliphatic carbocycles. The zero-order valence-corrected chi connectivity index (χ0v) is 21.9. The van der Waals surface area contributed by atoms with E-state index in [1.165, 1.54) is 0 Å². The summed E-state index contributed by atoms with van der Waals surface area (Å²) in [6, 6.07) is 24.5. The minimum absolute atomic E-state index is 0.0161. The lowest BCUT2D eigenvalue weighted by Crippen LogP contribution is -2.49. The summed E-state index contributed by atoms with van der Waals surface area (Å²) in [5.41, 5.74) is 2.84. The van der Waals surface area contributed by atoms with Crippen molar-refractivity contribution >= 4 is 35.0 Å². The van der Waals surface area contributed by atoms with Crippen LogP contribution < -0.4 is 5.32 Å². The van der Waals surface area contributed by atoms with Gasteiger partial charge in [-0.05, 0) is 49.1 Å². The molecule has 2 atom stereocenters. The molecule has 0 aliphatic rings. The Kier molecular flexibility index (Phi) is 9.76. The van der Waals surface area contributed by atoms with E-state index in [4.69, 9.17) is 23.2 Å². The van der Waals surface area contributed by atoms with Gasteiger partial charge in [-0.1, -0.05) is 96.9 Å². The fourth-order valence-electron chi connectivity index (χ4n) is 3.97. The second kappa shape index (κ2) is 12.8.